The first kappa shape index (κ1) is 20.6. The summed E-state index contributed by atoms with van der Waals surface area (Å²) in [6, 6.07) is 12.2. The minimum atomic E-state index is -3.50. The molecule has 1 amide bonds. The Morgan fingerprint density at radius 1 is 1.04 bits per heavy atom. The van der Waals surface area contributed by atoms with Gasteiger partial charge in [-0.2, -0.15) is 0 Å². The van der Waals surface area contributed by atoms with E-state index in [-0.39, 0.29) is 18.7 Å². The number of amides is 1. The maximum atomic E-state index is 12.6. The number of nitrogens with zero attached hydrogens (tertiary/aromatic N) is 1. The van der Waals surface area contributed by atoms with Crippen molar-refractivity contribution in [1.29, 1.82) is 0 Å². The second-order valence-corrected chi connectivity index (χ2v) is 7.82. The molecule has 0 aliphatic rings. The third-order valence-corrected chi connectivity index (χ3v) is 5.22. The van der Waals surface area contributed by atoms with E-state index in [0.717, 1.165) is 11.8 Å². The van der Waals surface area contributed by atoms with Crippen LogP contribution in [-0.4, -0.2) is 47.9 Å². The summed E-state index contributed by atoms with van der Waals surface area (Å²) in [7, 11) is -0.561. The highest BCUT2D eigenvalue weighted by atomic mass is 32.2. The summed E-state index contributed by atoms with van der Waals surface area (Å²) in [5.41, 5.74) is 1.69. The van der Waals surface area contributed by atoms with Crippen molar-refractivity contribution in [3.8, 4) is 11.5 Å². The summed E-state index contributed by atoms with van der Waals surface area (Å²) in [5, 5.41) is 2.74. The fraction of sp³-hybridized carbons (Fsp3) is 0.316. The number of para-hydroxylation sites is 1. The van der Waals surface area contributed by atoms with Crippen LogP contribution in [0.5, 0.6) is 11.5 Å². The lowest BCUT2D eigenvalue weighted by molar-refractivity contribution is 0.0948. The molecule has 0 saturated carbocycles. The van der Waals surface area contributed by atoms with Crippen molar-refractivity contribution in [2.45, 2.75) is 6.92 Å². The Balaban J connectivity index is 2.17. The van der Waals surface area contributed by atoms with E-state index in [2.05, 4.69) is 5.32 Å². The Bertz CT molecular complexity index is 890. The van der Waals surface area contributed by atoms with Crippen molar-refractivity contribution in [3.63, 3.8) is 0 Å². The zero-order valence-electron chi connectivity index (χ0n) is 15.9. The van der Waals surface area contributed by atoms with Crippen molar-refractivity contribution >= 4 is 21.6 Å². The first-order valence-corrected chi connectivity index (χ1v) is 10.2. The third-order valence-electron chi connectivity index (χ3n) is 4.04. The molecule has 0 atom stereocenters. The van der Waals surface area contributed by atoms with E-state index in [1.54, 1.807) is 30.3 Å². The summed E-state index contributed by atoms with van der Waals surface area (Å²) < 4.78 is 36.1. The van der Waals surface area contributed by atoms with E-state index in [1.165, 1.54) is 18.5 Å². The van der Waals surface area contributed by atoms with E-state index in [0.29, 0.717) is 17.2 Å². The molecule has 27 heavy (non-hydrogen) atoms. The number of benzene rings is 2. The van der Waals surface area contributed by atoms with Gasteiger partial charge in [0, 0.05) is 6.54 Å². The fourth-order valence-electron chi connectivity index (χ4n) is 2.74. The lowest BCUT2D eigenvalue weighted by atomic mass is 10.1. The van der Waals surface area contributed by atoms with Crippen molar-refractivity contribution < 1.29 is 22.7 Å². The molecule has 1 N–H and O–H groups in total. The molecule has 2 rings (SSSR count). The van der Waals surface area contributed by atoms with Crippen LogP contribution in [-0.2, 0) is 10.0 Å². The number of aryl methyl sites for hydroxylation is 1. The van der Waals surface area contributed by atoms with Crippen LogP contribution in [0.2, 0.25) is 0 Å². The van der Waals surface area contributed by atoms with Gasteiger partial charge in [0.2, 0.25) is 10.0 Å². The topological polar surface area (TPSA) is 84.9 Å². The van der Waals surface area contributed by atoms with Gasteiger partial charge >= 0.3 is 0 Å². The molecule has 0 unspecified atom stereocenters. The predicted octanol–water partition coefficient (Wildman–Crippen LogP) is 2.21. The number of hydrogen-bond donors (Lipinski definition) is 1. The SMILES string of the molecule is COc1cccc(OC)c1C(=O)NCCN(c1ccccc1C)S(C)(=O)=O. The number of hydrogen-bond acceptors (Lipinski definition) is 5. The second-order valence-electron chi connectivity index (χ2n) is 5.92. The maximum absolute atomic E-state index is 12.6. The molecule has 0 spiro atoms. The smallest absolute Gasteiger partial charge is 0.258 e. The standard InChI is InChI=1S/C19H24N2O5S/c1-14-8-5-6-9-15(14)21(27(4,23)24)13-12-20-19(22)18-16(25-2)10-7-11-17(18)26-3/h5-11H,12-13H2,1-4H3,(H,20,22). The Hall–Kier alpha value is -2.74. The highest BCUT2D eigenvalue weighted by molar-refractivity contribution is 7.92. The summed E-state index contributed by atoms with van der Waals surface area (Å²) in [5.74, 6) is 0.360. The molecule has 0 aliphatic carbocycles. The molecular formula is C19H24N2O5S. The lowest BCUT2D eigenvalue weighted by Gasteiger charge is -2.24. The van der Waals surface area contributed by atoms with Gasteiger partial charge in [-0.3, -0.25) is 9.10 Å². The van der Waals surface area contributed by atoms with Crippen molar-refractivity contribution in [2.24, 2.45) is 0 Å². The van der Waals surface area contributed by atoms with Crippen LogP contribution in [0.4, 0.5) is 5.69 Å². The molecule has 0 heterocycles. The van der Waals surface area contributed by atoms with Gasteiger partial charge in [0.15, 0.2) is 0 Å². The molecule has 0 saturated heterocycles. The number of carbonyl (C=O) groups excluding carboxylic acids is 1. The molecule has 0 radical (unpaired) electrons. The quantitative estimate of drug-likeness (QED) is 0.745. The Labute approximate surface area is 160 Å². The number of ether oxygens (including phenoxy) is 2. The van der Waals surface area contributed by atoms with E-state index < -0.39 is 15.9 Å². The first-order chi connectivity index (χ1) is 12.8. The van der Waals surface area contributed by atoms with Gasteiger partial charge in [-0.15, -0.1) is 0 Å². The van der Waals surface area contributed by atoms with Crippen LogP contribution in [0.3, 0.4) is 0 Å². The van der Waals surface area contributed by atoms with Crippen LogP contribution in [0, 0.1) is 6.92 Å². The van der Waals surface area contributed by atoms with E-state index in [9.17, 15) is 13.2 Å². The second kappa shape index (κ2) is 8.77. The van der Waals surface area contributed by atoms with Crippen molar-refractivity contribution in [1.82, 2.24) is 5.32 Å². The lowest BCUT2D eigenvalue weighted by Crippen LogP contribution is -2.38. The molecule has 2 aromatic carbocycles. The Morgan fingerprint density at radius 2 is 1.63 bits per heavy atom. The van der Waals surface area contributed by atoms with Gasteiger partial charge in [0.25, 0.3) is 5.91 Å². The average Bonchev–Trinajstić information content (AvgIpc) is 2.64. The molecule has 0 aromatic heterocycles. The number of anilines is 1. The van der Waals surface area contributed by atoms with Gasteiger partial charge in [-0.1, -0.05) is 24.3 Å². The number of methoxy groups -OCH3 is 2. The molecule has 0 fully saturated rings. The Morgan fingerprint density at radius 3 is 2.15 bits per heavy atom. The Kier molecular flexibility index (Phi) is 6.68. The third kappa shape index (κ3) is 4.91. The molecular weight excluding hydrogens is 368 g/mol. The predicted molar refractivity (Wildman–Crippen MR) is 105 cm³/mol. The van der Waals surface area contributed by atoms with Crippen LogP contribution >= 0.6 is 0 Å². The monoisotopic (exact) mass is 392 g/mol. The van der Waals surface area contributed by atoms with Gasteiger partial charge in [0.05, 0.1) is 32.7 Å². The highest BCUT2D eigenvalue weighted by Crippen LogP contribution is 2.28. The summed E-state index contributed by atoms with van der Waals surface area (Å²) in [6.45, 7) is 2.07. The largest absolute Gasteiger partial charge is 0.496 e. The van der Waals surface area contributed by atoms with Gasteiger partial charge < -0.3 is 14.8 Å². The highest BCUT2D eigenvalue weighted by Gasteiger charge is 2.21. The van der Waals surface area contributed by atoms with E-state index >= 15 is 0 Å². The summed E-state index contributed by atoms with van der Waals surface area (Å²) in [4.78, 5) is 12.6. The fourth-order valence-corrected chi connectivity index (χ4v) is 3.73. The van der Waals surface area contributed by atoms with E-state index in [4.69, 9.17) is 9.47 Å². The average molecular weight is 392 g/mol. The molecule has 0 bridgehead atoms. The van der Waals surface area contributed by atoms with Gasteiger partial charge in [0.1, 0.15) is 17.1 Å². The molecule has 0 aliphatic heterocycles. The molecule has 2 aromatic rings. The maximum Gasteiger partial charge on any atom is 0.258 e. The van der Waals surface area contributed by atoms with Crippen LogP contribution in [0.25, 0.3) is 0 Å². The summed E-state index contributed by atoms with van der Waals surface area (Å²) >= 11 is 0. The number of nitrogens with one attached hydrogen (secondary N) is 1. The molecule has 8 heteroatoms. The number of sulfonamides is 1. The van der Waals surface area contributed by atoms with Crippen LogP contribution in [0.1, 0.15) is 15.9 Å². The molecule has 7 nitrogen and oxygen atoms in total. The van der Waals surface area contributed by atoms with Crippen molar-refractivity contribution in [2.75, 3.05) is 37.9 Å². The zero-order valence-corrected chi connectivity index (χ0v) is 16.7. The minimum Gasteiger partial charge on any atom is -0.496 e. The van der Waals surface area contributed by atoms with Crippen LogP contribution in [0.15, 0.2) is 42.5 Å². The van der Waals surface area contributed by atoms with Gasteiger partial charge in [-0.05, 0) is 30.7 Å². The van der Waals surface area contributed by atoms with E-state index in [1.807, 2.05) is 19.1 Å². The normalized spacial score (nSPS) is 11.0. The van der Waals surface area contributed by atoms with Crippen molar-refractivity contribution in [3.05, 3.63) is 53.6 Å². The minimum absolute atomic E-state index is 0.104. The van der Waals surface area contributed by atoms with Gasteiger partial charge in [-0.25, -0.2) is 8.42 Å². The van der Waals surface area contributed by atoms with Crippen LogP contribution < -0.4 is 19.1 Å². The number of carbonyl (C=O) groups is 1. The molecule has 146 valence electrons. The number of rotatable bonds is 8. The summed E-state index contributed by atoms with van der Waals surface area (Å²) in [6.07, 6.45) is 1.14. The zero-order chi connectivity index (χ0) is 20.0. The first-order valence-electron chi connectivity index (χ1n) is 8.32.